The van der Waals surface area contributed by atoms with Gasteiger partial charge in [-0.05, 0) is 5.56 Å². The Kier molecular flexibility index (Phi) is 4.69. The highest BCUT2D eigenvalue weighted by Crippen LogP contribution is 2.04. The van der Waals surface area contributed by atoms with Crippen LogP contribution in [0.4, 0.5) is 0 Å². The highest BCUT2D eigenvalue weighted by molar-refractivity contribution is 5.87. The third-order valence-electron chi connectivity index (χ3n) is 2.47. The minimum Gasteiger partial charge on any atom is -0.368 e. The molecule has 4 nitrogen and oxygen atoms in total. The summed E-state index contributed by atoms with van der Waals surface area (Å²) in [4.78, 5) is 22.8. The molecule has 1 atom stereocenters. The zero-order chi connectivity index (χ0) is 12.8. The number of nitrogens with two attached hydrogens (primary N) is 1. The molecule has 0 bridgehead atoms. The number of hydrogen-bond donors (Lipinski definition) is 2. The third kappa shape index (κ3) is 4.26. The van der Waals surface area contributed by atoms with Crippen LogP contribution in [0.3, 0.4) is 0 Å². The number of amides is 2. The van der Waals surface area contributed by atoms with Crippen molar-refractivity contribution in [3.63, 3.8) is 0 Å². The number of rotatable bonds is 5. The number of carbonyl (C=O) groups excluding carboxylic acids is 2. The summed E-state index contributed by atoms with van der Waals surface area (Å²) >= 11 is 0. The Balaban J connectivity index is 2.68. The van der Waals surface area contributed by atoms with Crippen LogP contribution in [0.1, 0.15) is 19.4 Å². The first-order chi connectivity index (χ1) is 8.00. The molecule has 0 aliphatic carbocycles. The van der Waals surface area contributed by atoms with Crippen molar-refractivity contribution in [2.75, 3.05) is 0 Å². The van der Waals surface area contributed by atoms with Crippen molar-refractivity contribution in [2.24, 2.45) is 11.7 Å². The summed E-state index contributed by atoms with van der Waals surface area (Å²) in [7, 11) is 0. The third-order valence-corrected chi connectivity index (χ3v) is 2.47. The Morgan fingerprint density at radius 2 is 1.82 bits per heavy atom. The summed E-state index contributed by atoms with van der Waals surface area (Å²) in [5.74, 6) is -0.833. The molecule has 1 aromatic carbocycles. The van der Waals surface area contributed by atoms with Crippen molar-refractivity contribution in [3.8, 4) is 0 Å². The summed E-state index contributed by atoms with van der Waals surface area (Å²) in [6.45, 7) is 3.55. The van der Waals surface area contributed by atoms with Crippen molar-refractivity contribution in [2.45, 2.75) is 26.3 Å². The number of primary amides is 1. The summed E-state index contributed by atoms with van der Waals surface area (Å²) in [5.41, 5.74) is 6.25. The molecular formula is C13H18N2O2. The van der Waals surface area contributed by atoms with E-state index in [-0.39, 0.29) is 11.8 Å². The van der Waals surface area contributed by atoms with Gasteiger partial charge in [0, 0.05) is 12.3 Å². The summed E-state index contributed by atoms with van der Waals surface area (Å²) in [5, 5.41) is 2.65. The molecule has 3 N–H and O–H groups in total. The quantitative estimate of drug-likeness (QED) is 0.793. The normalized spacial score (nSPS) is 12.2. The molecule has 0 aliphatic heterocycles. The van der Waals surface area contributed by atoms with Crippen LogP contribution in [0.25, 0.3) is 0 Å². The number of carbonyl (C=O) groups is 2. The standard InChI is InChI=1S/C13H18N2O2/c1-9(2)13(17)15-11(12(14)16)8-10-6-4-3-5-7-10/h3-7,9,11H,8H2,1-2H3,(H2,14,16)(H,15,17)/t11-/m1/s1. The predicted molar refractivity (Wildman–Crippen MR) is 66.1 cm³/mol. The molecule has 0 saturated carbocycles. The fourth-order valence-corrected chi connectivity index (χ4v) is 1.41. The average Bonchev–Trinajstić information content (AvgIpc) is 2.29. The van der Waals surface area contributed by atoms with Crippen LogP contribution in [0.15, 0.2) is 30.3 Å². The summed E-state index contributed by atoms with van der Waals surface area (Å²) < 4.78 is 0. The molecule has 0 aliphatic rings. The maximum atomic E-state index is 11.5. The van der Waals surface area contributed by atoms with Gasteiger partial charge in [0.1, 0.15) is 6.04 Å². The average molecular weight is 234 g/mol. The molecule has 0 unspecified atom stereocenters. The van der Waals surface area contributed by atoms with Gasteiger partial charge >= 0.3 is 0 Å². The van der Waals surface area contributed by atoms with Gasteiger partial charge in [0.15, 0.2) is 0 Å². The number of benzene rings is 1. The van der Waals surface area contributed by atoms with E-state index in [1.807, 2.05) is 30.3 Å². The molecule has 2 amide bonds. The van der Waals surface area contributed by atoms with Gasteiger partial charge in [-0.1, -0.05) is 44.2 Å². The van der Waals surface area contributed by atoms with E-state index in [1.165, 1.54) is 0 Å². The van der Waals surface area contributed by atoms with Gasteiger partial charge in [0.25, 0.3) is 0 Å². The molecular weight excluding hydrogens is 216 g/mol. The van der Waals surface area contributed by atoms with E-state index in [4.69, 9.17) is 5.73 Å². The molecule has 17 heavy (non-hydrogen) atoms. The van der Waals surface area contributed by atoms with Gasteiger partial charge < -0.3 is 11.1 Å². The highest BCUT2D eigenvalue weighted by atomic mass is 16.2. The van der Waals surface area contributed by atoms with Gasteiger partial charge in [0.2, 0.25) is 11.8 Å². The fourth-order valence-electron chi connectivity index (χ4n) is 1.41. The Labute approximate surface area is 101 Å². The van der Waals surface area contributed by atoms with Crippen LogP contribution >= 0.6 is 0 Å². The second kappa shape index (κ2) is 6.03. The summed E-state index contributed by atoms with van der Waals surface area (Å²) in [6, 6.07) is 8.83. The second-order valence-electron chi connectivity index (χ2n) is 4.31. The van der Waals surface area contributed by atoms with Crippen LogP contribution in [-0.2, 0) is 16.0 Å². The Morgan fingerprint density at radius 3 is 2.29 bits per heavy atom. The number of nitrogens with one attached hydrogen (secondary N) is 1. The first kappa shape index (κ1) is 13.2. The van der Waals surface area contributed by atoms with Crippen LogP contribution in [0, 0.1) is 5.92 Å². The molecule has 1 aromatic rings. The molecule has 4 heteroatoms. The van der Waals surface area contributed by atoms with Crippen molar-refractivity contribution in [1.82, 2.24) is 5.32 Å². The van der Waals surface area contributed by atoms with E-state index in [1.54, 1.807) is 13.8 Å². The monoisotopic (exact) mass is 234 g/mol. The molecule has 1 rings (SSSR count). The zero-order valence-electron chi connectivity index (χ0n) is 10.1. The van der Waals surface area contributed by atoms with Crippen molar-refractivity contribution in [1.29, 1.82) is 0 Å². The van der Waals surface area contributed by atoms with E-state index in [9.17, 15) is 9.59 Å². The molecule has 92 valence electrons. The molecule has 0 heterocycles. The summed E-state index contributed by atoms with van der Waals surface area (Å²) in [6.07, 6.45) is 0.425. The zero-order valence-corrected chi connectivity index (χ0v) is 10.1. The molecule has 0 saturated heterocycles. The van der Waals surface area contributed by atoms with Crippen LogP contribution in [0.5, 0.6) is 0 Å². The van der Waals surface area contributed by atoms with E-state index in [0.29, 0.717) is 6.42 Å². The maximum Gasteiger partial charge on any atom is 0.240 e. The molecule has 0 aromatic heterocycles. The Hall–Kier alpha value is -1.84. The van der Waals surface area contributed by atoms with Crippen molar-refractivity contribution >= 4 is 11.8 Å². The highest BCUT2D eigenvalue weighted by Gasteiger charge is 2.19. The van der Waals surface area contributed by atoms with Gasteiger partial charge in [-0.15, -0.1) is 0 Å². The van der Waals surface area contributed by atoms with Gasteiger partial charge in [-0.2, -0.15) is 0 Å². The molecule has 0 spiro atoms. The van der Waals surface area contributed by atoms with E-state index >= 15 is 0 Å². The van der Waals surface area contributed by atoms with Crippen LogP contribution < -0.4 is 11.1 Å². The minimum absolute atomic E-state index is 0.160. The Morgan fingerprint density at radius 1 is 1.24 bits per heavy atom. The molecule has 0 radical (unpaired) electrons. The van der Waals surface area contributed by atoms with E-state index in [0.717, 1.165) is 5.56 Å². The van der Waals surface area contributed by atoms with Crippen LogP contribution in [-0.4, -0.2) is 17.9 Å². The maximum absolute atomic E-state index is 11.5. The molecule has 0 fully saturated rings. The number of hydrogen-bond acceptors (Lipinski definition) is 2. The largest absolute Gasteiger partial charge is 0.368 e. The van der Waals surface area contributed by atoms with Gasteiger partial charge in [-0.25, -0.2) is 0 Å². The van der Waals surface area contributed by atoms with Gasteiger partial charge in [0.05, 0.1) is 0 Å². The van der Waals surface area contributed by atoms with Crippen molar-refractivity contribution < 1.29 is 9.59 Å². The lowest BCUT2D eigenvalue weighted by Crippen LogP contribution is -2.47. The smallest absolute Gasteiger partial charge is 0.240 e. The first-order valence-electron chi connectivity index (χ1n) is 5.64. The fraction of sp³-hybridized carbons (Fsp3) is 0.385. The SMILES string of the molecule is CC(C)C(=O)N[C@H](Cc1ccccc1)C(N)=O. The lowest BCUT2D eigenvalue weighted by Gasteiger charge is -2.16. The van der Waals surface area contributed by atoms with Crippen molar-refractivity contribution in [3.05, 3.63) is 35.9 Å². The topological polar surface area (TPSA) is 72.2 Å². The predicted octanol–water partition coefficient (Wildman–Crippen LogP) is 0.855. The van der Waals surface area contributed by atoms with Gasteiger partial charge in [-0.3, -0.25) is 9.59 Å². The lowest BCUT2D eigenvalue weighted by atomic mass is 10.0. The van der Waals surface area contributed by atoms with Crippen LogP contribution in [0.2, 0.25) is 0 Å². The Bertz CT molecular complexity index is 388. The second-order valence-corrected chi connectivity index (χ2v) is 4.31. The lowest BCUT2D eigenvalue weighted by molar-refractivity contribution is -0.129. The minimum atomic E-state index is -0.646. The van der Waals surface area contributed by atoms with E-state index in [2.05, 4.69) is 5.32 Å². The van der Waals surface area contributed by atoms with E-state index < -0.39 is 11.9 Å². The first-order valence-corrected chi connectivity index (χ1v) is 5.64.